The standard InChI is InChI=1S/C20H27N5O2/c1-23-13-17(12-21-23)15-25(19-6-7-19)20(26)22-18-4-2-16(3-5-18)14-24-8-10-27-11-9-24/h2-5,12-13,19H,6-11,14-15H2,1H3,(H,22,26). The molecule has 2 aromatic rings. The average molecular weight is 369 g/mol. The highest BCUT2D eigenvalue weighted by molar-refractivity contribution is 5.89. The Morgan fingerprint density at radius 3 is 2.59 bits per heavy atom. The molecule has 1 saturated heterocycles. The quantitative estimate of drug-likeness (QED) is 0.850. The van der Waals surface area contributed by atoms with E-state index in [-0.39, 0.29) is 6.03 Å². The molecule has 1 saturated carbocycles. The lowest BCUT2D eigenvalue weighted by Crippen LogP contribution is -2.36. The third-order valence-corrected chi connectivity index (χ3v) is 5.07. The van der Waals surface area contributed by atoms with E-state index in [1.165, 1.54) is 5.56 Å². The first-order chi connectivity index (χ1) is 13.2. The Labute approximate surface area is 159 Å². The lowest BCUT2D eigenvalue weighted by Gasteiger charge is -2.26. The number of hydrogen-bond acceptors (Lipinski definition) is 4. The van der Waals surface area contributed by atoms with Gasteiger partial charge in [0.1, 0.15) is 0 Å². The van der Waals surface area contributed by atoms with Crippen molar-refractivity contribution in [3.8, 4) is 0 Å². The zero-order valence-electron chi connectivity index (χ0n) is 15.8. The summed E-state index contributed by atoms with van der Waals surface area (Å²) >= 11 is 0. The highest BCUT2D eigenvalue weighted by Crippen LogP contribution is 2.29. The molecule has 1 aliphatic heterocycles. The number of nitrogens with one attached hydrogen (secondary N) is 1. The fourth-order valence-electron chi connectivity index (χ4n) is 3.41. The molecular formula is C20H27N5O2. The minimum Gasteiger partial charge on any atom is -0.379 e. The molecule has 2 heterocycles. The molecule has 2 aliphatic rings. The second-order valence-corrected chi connectivity index (χ2v) is 7.40. The van der Waals surface area contributed by atoms with Gasteiger partial charge in [-0.15, -0.1) is 0 Å². The summed E-state index contributed by atoms with van der Waals surface area (Å²) in [6.07, 6.45) is 5.94. The summed E-state index contributed by atoms with van der Waals surface area (Å²) in [5.74, 6) is 0. The number of amides is 2. The molecule has 1 aromatic heterocycles. The number of ether oxygens (including phenoxy) is 1. The topological polar surface area (TPSA) is 62.6 Å². The Morgan fingerprint density at radius 1 is 1.22 bits per heavy atom. The van der Waals surface area contributed by atoms with Crippen LogP contribution >= 0.6 is 0 Å². The Balaban J connectivity index is 1.34. The van der Waals surface area contributed by atoms with Crippen LogP contribution in [0.5, 0.6) is 0 Å². The maximum atomic E-state index is 12.8. The number of morpholine rings is 1. The van der Waals surface area contributed by atoms with Crippen LogP contribution in [0.15, 0.2) is 36.7 Å². The Hall–Kier alpha value is -2.38. The van der Waals surface area contributed by atoms with E-state index >= 15 is 0 Å². The fraction of sp³-hybridized carbons (Fsp3) is 0.500. The van der Waals surface area contributed by atoms with Gasteiger partial charge >= 0.3 is 6.03 Å². The van der Waals surface area contributed by atoms with E-state index in [0.29, 0.717) is 12.6 Å². The van der Waals surface area contributed by atoms with E-state index in [9.17, 15) is 4.79 Å². The average Bonchev–Trinajstić information content (AvgIpc) is 3.43. The molecule has 1 N–H and O–H groups in total. The predicted octanol–water partition coefficient (Wildman–Crippen LogP) is 2.45. The second-order valence-electron chi connectivity index (χ2n) is 7.40. The molecule has 0 radical (unpaired) electrons. The van der Waals surface area contributed by atoms with Crippen molar-refractivity contribution >= 4 is 11.7 Å². The largest absolute Gasteiger partial charge is 0.379 e. The number of nitrogens with zero attached hydrogens (tertiary/aromatic N) is 4. The molecule has 2 amide bonds. The molecule has 7 nitrogen and oxygen atoms in total. The molecule has 1 aliphatic carbocycles. The SMILES string of the molecule is Cn1cc(CN(C(=O)Nc2ccc(CN3CCOCC3)cc2)C2CC2)cn1. The van der Waals surface area contributed by atoms with Crippen molar-refractivity contribution in [3.63, 3.8) is 0 Å². The first-order valence-electron chi connectivity index (χ1n) is 9.61. The van der Waals surface area contributed by atoms with Crippen LogP contribution < -0.4 is 5.32 Å². The van der Waals surface area contributed by atoms with Crippen LogP contribution in [0.1, 0.15) is 24.0 Å². The van der Waals surface area contributed by atoms with Gasteiger partial charge in [-0.05, 0) is 30.5 Å². The second kappa shape index (κ2) is 8.10. The van der Waals surface area contributed by atoms with Crippen molar-refractivity contribution in [1.82, 2.24) is 19.6 Å². The normalized spacial score (nSPS) is 17.7. The fourth-order valence-corrected chi connectivity index (χ4v) is 3.41. The zero-order valence-corrected chi connectivity index (χ0v) is 15.8. The van der Waals surface area contributed by atoms with Crippen LogP contribution in [0, 0.1) is 0 Å². The summed E-state index contributed by atoms with van der Waals surface area (Å²) in [6, 6.07) is 8.46. The summed E-state index contributed by atoms with van der Waals surface area (Å²) in [4.78, 5) is 17.1. The number of hydrogen-bond donors (Lipinski definition) is 1. The molecule has 2 fully saturated rings. The number of aryl methyl sites for hydroxylation is 1. The van der Waals surface area contributed by atoms with Crippen LogP contribution in [0.4, 0.5) is 10.5 Å². The van der Waals surface area contributed by atoms with E-state index < -0.39 is 0 Å². The molecule has 144 valence electrons. The van der Waals surface area contributed by atoms with Crippen LogP contribution in [0.3, 0.4) is 0 Å². The molecule has 0 atom stereocenters. The van der Waals surface area contributed by atoms with Gasteiger partial charge in [0.2, 0.25) is 0 Å². The molecular weight excluding hydrogens is 342 g/mol. The molecule has 1 aromatic carbocycles. The van der Waals surface area contributed by atoms with Crippen molar-refractivity contribution in [2.75, 3.05) is 31.6 Å². The van der Waals surface area contributed by atoms with Gasteiger partial charge < -0.3 is 15.0 Å². The molecule has 7 heteroatoms. The van der Waals surface area contributed by atoms with Crippen molar-refractivity contribution in [2.45, 2.75) is 32.0 Å². The summed E-state index contributed by atoms with van der Waals surface area (Å²) < 4.78 is 7.16. The van der Waals surface area contributed by atoms with E-state index in [2.05, 4.69) is 27.4 Å². The number of carbonyl (C=O) groups is 1. The third kappa shape index (κ3) is 4.87. The van der Waals surface area contributed by atoms with E-state index in [1.54, 1.807) is 4.68 Å². The lowest BCUT2D eigenvalue weighted by atomic mass is 10.2. The van der Waals surface area contributed by atoms with Crippen LogP contribution in [0.2, 0.25) is 0 Å². The zero-order chi connectivity index (χ0) is 18.6. The van der Waals surface area contributed by atoms with Gasteiger partial charge in [0.05, 0.1) is 26.0 Å². The number of carbonyl (C=O) groups excluding carboxylic acids is 1. The van der Waals surface area contributed by atoms with Gasteiger partial charge in [0, 0.05) is 50.2 Å². The van der Waals surface area contributed by atoms with E-state index in [4.69, 9.17) is 4.74 Å². The van der Waals surface area contributed by atoms with Gasteiger partial charge in [-0.25, -0.2) is 4.79 Å². The summed E-state index contributed by atoms with van der Waals surface area (Å²) in [5, 5.41) is 7.24. The van der Waals surface area contributed by atoms with Crippen molar-refractivity contribution in [1.29, 1.82) is 0 Å². The van der Waals surface area contributed by atoms with Crippen LogP contribution in [0.25, 0.3) is 0 Å². The molecule has 0 spiro atoms. The number of aromatic nitrogens is 2. The predicted molar refractivity (Wildman–Crippen MR) is 103 cm³/mol. The van der Waals surface area contributed by atoms with Crippen LogP contribution in [-0.4, -0.2) is 58.0 Å². The Bertz CT molecular complexity index is 763. The first kappa shape index (κ1) is 18.0. The van der Waals surface area contributed by atoms with Gasteiger partial charge in [-0.2, -0.15) is 5.10 Å². The molecule has 4 rings (SSSR count). The summed E-state index contributed by atoms with van der Waals surface area (Å²) in [7, 11) is 1.89. The van der Waals surface area contributed by atoms with Gasteiger partial charge in [0.15, 0.2) is 0 Å². The van der Waals surface area contributed by atoms with Gasteiger partial charge in [-0.3, -0.25) is 9.58 Å². The highest BCUT2D eigenvalue weighted by Gasteiger charge is 2.32. The minimum atomic E-state index is -0.0396. The highest BCUT2D eigenvalue weighted by atomic mass is 16.5. The minimum absolute atomic E-state index is 0.0396. The molecule has 0 unspecified atom stereocenters. The van der Waals surface area contributed by atoms with Crippen LogP contribution in [-0.2, 0) is 24.9 Å². The third-order valence-electron chi connectivity index (χ3n) is 5.07. The lowest BCUT2D eigenvalue weighted by molar-refractivity contribution is 0.0342. The Morgan fingerprint density at radius 2 is 1.96 bits per heavy atom. The van der Waals surface area contributed by atoms with Crippen molar-refractivity contribution in [2.24, 2.45) is 7.05 Å². The monoisotopic (exact) mass is 369 g/mol. The molecule has 0 bridgehead atoms. The number of urea groups is 1. The maximum absolute atomic E-state index is 12.8. The number of benzene rings is 1. The van der Waals surface area contributed by atoms with Gasteiger partial charge in [-0.1, -0.05) is 12.1 Å². The maximum Gasteiger partial charge on any atom is 0.322 e. The summed E-state index contributed by atoms with van der Waals surface area (Å²) in [6.45, 7) is 5.09. The molecule has 27 heavy (non-hydrogen) atoms. The van der Waals surface area contributed by atoms with Crippen molar-refractivity contribution < 1.29 is 9.53 Å². The van der Waals surface area contributed by atoms with Crippen molar-refractivity contribution in [3.05, 3.63) is 47.8 Å². The van der Waals surface area contributed by atoms with E-state index in [1.807, 2.05) is 36.5 Å². The Kier molecular flexibility index (Phi) is 5.40. The number of rotatable bonds is 6. The first-order valence-corrected chi connectivity index (χ1v) is 9.61. The smallest absolute Gasteiger partial charge is 0.322 e. The number of anilines is 1. The van der Waals surface area contributed by atoms with Gasteiger partial charge in [0.25, 0.3) is 0 Å². The van der Waals surface area contributed by atoms with E-state index in [0.717, 1.165) is 56.9 Å². The summed E-state index contributed by atoms with van der Waals surface area (Å²) in [5.41, 5.74) is 3.15.